The summed E-state index contributed by atoms with van der Waals surface area (Å²) in [6.45, 7) is 0.525. The first-order valence-electron chi connectivity index (χ1n) is 4.00. The summed E-state index contributed by atoms with van der Waals surface area (Å²) >= 11 is 0. The van der Waals surface area contributed by atoms with E-state index in [0.717, 1.165) is 11.1 Å². The van der Waals surface area contributed by atoms with Gasteiger partial charge < -0.3 is 5.32 Å². The van der Waals surface area contributed by atoms with Crippen LogP contribution in [0.1, 0.15) is 5.56 Å². The second-order valence-electron chi connectivity index (χ2n) is 2.70. The van der Waals surface area contributed by atoms with Crippen molar-refractivity contribution in [3.8, 4) is 0 Å². The van der Waals surface area contributed by atoms with Crippen LogP contribution in [-0.4, -0.2) is 16.0 Å². The maximum absolute atomic E-state index is 10.1. The van der Waals surface area contributed by atoms with E-state index in [0.29, 0.717) is 13.0 Å². The molecule has 13 heavy (non-hydrogen) atoms. The molecule has 0 aliphatic carbocycles. The molecule has 66 valence electrons. The molecule has 2 aromatic heterocycles. The molecule has 2 heterocycles. The van der Waals surface area contributed by atoms with Crippen molar-refractivity contribution in [1.29, 1.82) is 0 Å². The summed E-state index contributed by atoms with van der Waals surface area (Å²) in [5, 5.41) is 6.74. The number of rotatable bonds is 3. The minimum atomic E-state index is 0.525. The van der Waals surface area contributed by atoms with Gasteiger partial charge in [0.15, 0.2) is 0 Å². The molecule has 2 rings (SSSR count). The lowest BCUT2D eigenvalue weighted by Crippen LogP contribution is -2.09. The molecule has 2 aromatic rings. The van der Waals surface area contributed by atoms with Crippen LogP contribution >= 0.6 is 0 Å². The molecule has 0 fully saturated rings. The van der Waals surface area contributed by atoms with Gasteiger partial charge in [-0.15, -0.1) is 0 Å². The number of fused-ring (bicyclic) bond motifs is 1. The van der Waals surface area contributed by atoms with E-state index >= 15 is 0 Å². The maximum Gasteiger partial charge on any atom is 0.207 e. The number of nitrogens with zero attached hydrogens (tertiary/aromatic N) is 2. The highest BCUT2D eigenvalue weighted by Gasteiger charge is 2.00. The fourth-order valence-electron chi connectivity index (χ4n) is 1.28. The molecule has 0 saturated carbocycles. The van der Waals surface area contributed by atoms with Crippen molar-refractivity contribution in [2.75, 3.05) is 0 Å². The SMILES string of the molecule is O=CNCc1cnn2ccccc12. The molecular formula is C9H9N3O. The third-order valence-electron chi connectivity index (χ3n) is 1.88. The quantitative estimate of drug-likeness (QED) is 0.693. The van der Waals surface area contributed by atoms with Crippen LogP contribution in [0.5, 0.6) is 0 Å². The van der Waals surface area contributed by atoms with E-state index in [9.17, 15) is 4.79 Å². The Morgan fingerprint density at radius 2 is 2.46 bits per heavy atom. The van der Waals surface area contributed by atoms with E-state index < -0.39 is 0 Å². The smallest absolute Gasteiger partial charge is 0.207 e. The number of hydrogen-bond acceptors (Lipinski definition) is 2. The van der Waals surface area contributed by atoms with Gasteiger partial charge in [0.1, 0.15) is 0 Å². The lowest BCUT2D eigenvalue weighted by atomic mass is 10.2. The average Bonchev–Trinajstić information content (AvgIpc) is 2.58. The topological polar surface area (TPSA) is 46.4 Å². The second kappa shape index (κ2) is 3.26. The zero-order chi connectivity index (χ0) is 9.10. The van der Waals surface area contributed by atoms with Gasteiger partial charge in [-0.25, -0.2) is 4.52 Å². The third-order valence-corrected chi connectivity index (χ3v) is 1.88. The molecular weight excluding hydrogens is 166 g/mol. The van der Waals surface area contributed by atoms with E-state index in [4.69, 9.17) is 0 Å². The second-order valence-corrected chi connectivity index (χ2v) is 2.70. The fraction of sp³-hybridized carbons (Fsp3) is 0.111. The summed E-state index contributed by atoms with van der Waals surface area (Å²) in [6, 6.07) is 5.83. The molecule has 1 amide bonds. The normalized spacial score (nSPS) is 10.2. The number of pyridine rings is 1. The maximum atomic E-state index is 10.1. The Morgan fingerprint density at radius 3 is 3.31 bits per heavy atom. The number of nitrogens with one attached hydrogen (secondary N) is 1. The van der Waals surface area contributed by atoms with Crippen LogP contribution in [0.2, 0.25) is 0 Å². The molecule has 0 spiro atoms. The first-order chi connectivity index (χ1) is 6.42. The van der Waals surface area contributed by atoms with Gasteiger partial charge in [0.2, 0.25) is 6.41 Å². The highest BCUT2D eigenvalue weighted by molar-refractivity contribution is 5.55. The van der Waals surface area contributed by atoms with Crippen LogP contribution in [0.4, 0.5) is 0 Å². The first-order valence-corrected chi connectivity index (χ1v) is 4.00. The molecule has 0 saturated heterocycles. The number of amides is 1. The number of hydrogen-bond donors (Lipinski definition) is 1. The highest BCUT2D eigenvalue weighted by atomic mass is 16.1. The summed E-state index contributed by atoms with van der Waals surface area (Å²) in [6.07, 6.45) is 4.32. The first kappa shape index (κ1) is 7.79. The molecule has 0 aromatic carbocycles. The average molecular weight is 175 g/mol. The van der Waals surface area contributed by atoms with Crippen molar-refractivity contribution in [3.05, 3.63) is 36.2 Å². The summed E-state index contributed by atoms with van der Waals surface area (Å²) in [5.41, 5.74) is 2.05. The number of aromatic nitrogens is 2. The molecule has 4 heteroatoms. The van der Waals surface area contributed by atoms with Crippen LogP contribution in [0.3, 0.4) is 0 Å². The van der Waals surface area contributed by atoms with E-state index in [-0.39, 0.29) is 0 Å². The van der Waals surface area contributed by atoms with Gasteiger partial charge in [-0.2, -0.15) is 5.10 Å². The van der Waals surface area contributed by atoms with Crippen LogP contribution in [0.15, 0.2) is 30.6 Å². The standard InChI is InChI=1S/C9H9N3O/c13-7-10-5-8-6-11-12-4-2-1-3-9(8)12/h1-4,6-7H,5H2,(H,10,13). The van der Waals surface area contributed by atoms with Crippen LogP contribution in [0.25, 0.3) is 5.52 Å². The van der Waals surface area contributed by atoms with E-state index in [1.54, 1.807) is 10.7 Å². The van der Waals surface area contributed by atoms with Crippen molar-refractivity contribution in [2.45, 2.75) is 6.54 Å². The minimum absolute atomic E-state index is 0.525. The third kappa shape index (κ3) is 1.38. The fourth-order valence-corrected chi connectivity index (χ4v) is 1.28. The predicted molar refractivity (Wildman–Crippen MR) is 48.1 cm³/mol. The van der Waals surface area contributed by atoms with Crippen molar-refractivity contribution >= 4 is 11.9 Å². The Morgan fingerprint density at radius 1 is 1.54 bits per heavy atom. The molecule has 0 bridgehead atoms. The highest BCUT2D eigenvalue weighted by Crippen LogP contribution is 2.08. The predicted octanol–water partition coefficient (Wildman–Crippen LogP) is 0.580. The zero-order valence-electron chi connectivity index (χ0n) is 6.97. The lowest BCUT2D eigenvalue weighted by molar-refractivity contribution is -0.109. The van der Waals surface area contributed by atoms with Gasteiger partial charge in [0.25, 0.3) is 0 Å². The van der Waals surface area contributed by atoms with Gasteiger partial charge in [0, 0.05) is 18.3 Å². The van der Waals surface area contributed by atoms with Crippen molar-refractivity contribution in [2.24, 2.45) is 0 Å². The Kier molecular flexibility index (Phi) is 1.96. The van der Waals surface area contributed by atoms with E-state index in [2.05, 4.69) is 10.4 Å². The van der Waals surface area contributed by atoms with Crippen molar-refractivity contribution < 1.29 is 4.79 Å². The molecule has 0 unspecified atom stereocenters. The summed E-state index contributed by atoms with van der Waals surface area (Å²) in [7, 11) is 0. The van der Waals surface area contributed by atoms with E-state index in [1.165, 1.54) is 0 Å². The van der Waals surface area contributed by atoms with Gasteiger partial charge in [-0.3, -0.25) is 4.79 Å². The van der Waals surface area contributed by atoms with Crippen LogP contribution in [0, 0.1) is 0 Å². The minimum Gasteiger partial charge on any atom is -0.354 e. The molecule has 0 aliphatic rings. The molecule has 4 nitrogen and oxygen atoms in total. The molecule has 0 radical (unpaired) electrons. The van der Waals surface area contributed by atoms with E-state index in [1.807, 2.05) is 24.4 Å². The Hall–Kier alpha value is -1.84. The lowest BCUT2D eigenvalue weighted by Gasteiger charge is -1.96. The largest absolute Gasteiger partial charge is 0.354 e. The Bertz CT molecular complexity index is 421. The van der Waals surface area contributed by atoms with Crippen LogP contribution < -0.4 is 5.32 Å². The number of carbonyl (C=O) groups is 1. The Balaban J connectivity index is 2.40. The van der Waals surface area contributed by atoms with Gasteiger partial charge in [-0.1, -0.05) is 6.07 Å². The Labute approximate surface area is 75.2 Å². The summed E-state index contributed by atoms with van der Waals surface area (Å²) < 4.78 is 1.78. The summed E-state index contributed by atoms with van der Waals surface area (Å²) in [5.74, 6) is 0. The van der Waals surface area contributed by atoms with Gasteiger partial charge >= 0.3 is 0 Å². The zero-order valence-corrected chi connectivity index (χ0v) is 6.97. The monoisotopic (exact) mass is 175 g/mol. The van der Waals surface area contributed by atoms with Crippen LogP contribution in [-0.2, 0) is 11.3 Å². The van der Waals surface area contributed by atoms with Crippen molar-refractivity contribution in [1.82, 2.24) is 14.9 Å². The molecule has 1 N–H and O–H groups in total. The molecule has 0 atom stereocenters. The van der Waals surface area contributed by atoms with Gasteiger partial charge in [0.05, 0.1) is 11.7 Å². The summed E-state index contributed by atoms with van der Waals surface area (Å²) in [4.78, 5) is 10.1. The van der Waals surface area contributed by atoms with Gasteiger partial charge in [-0.05, 0) is 12.1 Å². The molecule has 0 aliphatic heterocycles. The number of carbonyl (C=O) groups excluding carboxylic acids is 1. The van der Waals surface area contributed by atoms with Crippen molar-refractivity contribution in [3.63, 3.8) is 0 Å².